The van der Waals surface area contributed by atoms with Gasteiger partial charge in [0.05, 0.1) is 26.0 Å². The van der Waals surface area contributed by atoms with Crippen LogP contribution in [0.3, 0.4) is 0 Å². The minimum atomic E-state index is 0.139. The summed E-state index contributed by atoms with van der Waals surface area (Å²) in [5.41, 5.74) is 2.11. The summed E-state index contributed by atoms with van der Waals surface area (Å²) in [7, 11) is 3.29. The molecule has 1 aromatic carbocycles. The number of fused-ring (bicyclic) bond motifs is 1. The third-order valence-electron chi connectivity index (χ3n) is 5.42. The molecule has 3 heterocycles. The molecule has 2 saturated heterocycles. The van der Waals surface area contributed by atoms with Gasteiger partial charge in [-0.3, -0.25) is 4.90 Å². The van der Waals surface area contributed by atoms with Gasteiger partial charge in [-0.15, -0.1) is 0 Å². The Morgan fingerprint density at radius 3 is 2.57 bits per heavy atom. The number of nitrogens with zero attached hydrogens (tertiary/aromatic N) is 4. The van der Waals surface area contributed by atoms with Gasteiger partial charge < -0.3 is 19.3 Å². The van der Waals surface area contributed by atoms with Crippen molar-refractivity contribution < 1.29 is 14.3 Å². The molecule has 1 aromatic heterocycles. The van der Waals surface area contributed by atoms with Crippen LogP contribution in [0.1, 0.15) is 11.3 Å². The Morgan fingerprint density at radius 2 is 1.82 bits per heavy atom. The molecule has 2 aromatic rings. The Labute approximate surface area is 165 Å². The number of hydrogen-bond acceptors (Lipinski definition) is 5. The molecule has 0 bridgehead atoms. The second kappa shape index (κ2) is 8.06. The van der Waals surface area contributed by atoms with Crippen LogP contribution in [-0.2, 0) is 13.1 Å². The van der Waals surface area contributed by atoms with E-state index < -0.39 is 0 Å². The first kappa shape index (κ1) is 18.6. The van der Waals surface area contributed by atoms with Crippen molar-refractivity contribution in [3.05, 3.63) is 53.7 Å². The van der Waals surface area contributed by atoms with Gasteiger partial charge >= 0.3 is 6.03 Å². The SMILES string of the molecule is COc1ccc(CN2C[C@H]3CN(Cc4cccc(OC)n4)CCN3C2=O)cc1. The van der Waals surface area contributed by atoms with E-state index in [1.807, 2.05) is 52.3 Å². The number of amides is 2. The van der Waals surface area contributed by atoms with E-state index in [0.29, 0.717) is 12.4 Å². The molecule has 148 valence electrons. The highest BCUT2D eigenvalue weighted by molar-refractivity contribution is 5.77. The molecule has 1 atom stereocenters. The van der Waals surface area contributed by atoms with Crippen molar-refractivity contribution in [2.45, 2.75) is 19.1 Å². The fourth-order valence-corrected chi connectivity index (χ4v) is 3.96. The first-order valence-electron chi connectivity index (χ1n) is 9.57. The maximum absolute atomic E-state index is 12.8. The molecule has 7 heteroatoms. The minimum Gasteiger partial charge on any atom is -0.497 e. The Morgan fingerprint density at radius 1 is 1.00 bits per heavy atom. The summed E-state index contributed by atoms with van der Waals surface area (Å²) >= 11 is 0. The van der Waals surface area contributed by atoms with Crippen LogP contribution in [0.25, 0.3) is 0 Å². The molecule has 2 aliphatic heterocycles. The normalized spacial score (nSPS) is 19.6. The van der Waals surface area contributed by atoms with Gasteiger partial charge in [0.15, 0.2) is 0 Å². The number of carbonyl (C=O) groups is 1. The molecule has 0 aliphatic carbocycles. The Hall–Kier alpha value is -2.80. The predicted molar refractivity (Wildman–Crippen MR) is 105 cm³/mol. The van der Waals surface area contributed by atoms with Gasteiger partial charge in [0.2, 0.25) is 5.88 Å². The van der Waals surface area contributed by atoms with Crippen molar-refractivity contribution in [2.75, 3.05) is 40.4 Å². The van der Waals surface area contributed by atoms with Gasteiger partial charge in [-0.2, -0.15) is 0 Å². The van der Waals surface area contributed by atoms with Crippen LogP contribution in [0.4, 0.5) is 4.79 Å². The lowest BCUT2D eigenvalue weighted by Crippen LogP contribution is -2.51. The monoisotopic (exact) mass is 382 g/mol. The zero-order valence-electron chi connectivity index (χ0n) is 16.4. The lowest BCUT2D eigenvalue weighted by Gasteiger charge is -2.36. The molecule has 0 unspecified atom stereocenters. The van der Waals surface area contributed by atoms with Crippen molar-refractivity contribution >= 4 is 6.03 Å². The van der Waals surface area contributed by atoms with E-state index in [4.69, 9.17) is 9.47 Å². The van der Waals surface area contributed by atoms with Crippen LogP contribution in [0.5, 0.6) is 11.6 Å². The summed E-state index contributed by atoms with van der Waals surface area (Å²) in [5, 5.41) is 0. The number of benzene rings is 1. The van der Waals surface area contributed by atoms with Crippen molar-refractivity contribution in [1.82, 2.24) is 19.7 Å². The third-order valence-corrected chi connectivity index (χ3v) is 5.42. The smallest absolute Gasteiger partial charge is 0.320 e. The second-order valence-electron chi connectivity index (χ2n) is 7.26. The first-order chi connectivity index (χ1) is 13.7. The summed E-state index contributed by atoms with van der Waals surface area (Å²) in [6.07, 6.45) is 0. The molecular formula is C21H26N4O3. The number of pyridine rings is 1. The number of hydrogen-bond donors (Lipinski definition) is 0. The third kappa shape index (κ3) is 3.89. The topological polar surface area (TPSA) is 58.1 Å². The average Bonchev–Trinajstić information content (AvgIpc) is 3.03. The van der Waals surface area contributed by atoms with E-state index in [1.54, 1.807) is 14.2 Å². The summed E-state index contributed by atoms with van der Waals surface area (Å²) in [6, 6.07) is 14.1. The number of rotatable bonds is 6. The molecule has 0 saturated carbocycles. The molecule has 7 nitrogen and oxygen atoms in total. The lowest BCUT2D eigenvalue weighted by atomic mass is 10.1. The average molecular weight is 382 g/mol. The number of ether oxygens (including phenoxy) is 2. The second-order valence-corrected chi connectivity index (χ2v) is 7.26. The number of methoxy groups -OCH3 is 2. The number of carbonyl (C=O) groups excluding carboxylic acids is 1. The molecule has 2 amide bonds. The van der Waals surface area contributed by atoms with Crippen LogP contribution >= 0.6 is 0 Å². The zero-order chi connectivity index (χ0) is 19.5. The summed E-state index contributed by atoms with van der Waals surface area (Å²) in [6.45, 7) is 4.64. The molecule has 2 aliphatic rings. The van der Waals surface area contributed by atoms with Gasteiger partial charge in [-0.25, -0.2) is 9.78 Å². The van der Waals surface area contributed by atoms with Crippen LogP contribution in [-0.4, -0.2) is 72.2 Å². The standard InChI is InChI=1S/C21H26N4O3/c1-27-19-8-6-16(7-9-19)12-24-15-18-14-23(10-11-25(18)21(24)26)13-17-4-3-5-20(22-17)28-2/h3-9,18H,10-15H2,1-2H3/t18-/m1/s1. The summed E-state index contributed by atoms with van der Waals surface area (Å²) in [4.78, 5) is 23.6. The van der Waals surface area contributed by atoms with E-state index in [1.165, 1.54) is 0 Å². The highest BCUT2D eigenvalue weighted by Gasteiger charge is 2.40. The quantitative estimate of drug-likeness (QED) is 0.767. The Kier molecular flexibility index (Phi) is 5.34. The molecular weight excluding hydrogens is 356 g/mol. The van der Waals surface area contributed by atoms with E-state index in [0.717, 1.165) is 49.7 Å². The van der Waals surface area contributed by atoms with Crippen molar-refractivity contribution in [1.29, 1.82) is 0 Å². The Balaban J connectivity index is 1.37. The predicted octanol–water partition coefficient (Wildman–Crippen LogP) is 2.22. The van der Waals surface area contributed by atoms with Gasteiger partial charge in [0, 0.05) is 45.3 Å². The van der Waals surface area contributed by atoms with E-state index in [9.17, 15) is 4.79 Å². The van der Waals surface area contributed by atoms with Gasteiger partial charge in [-0.05, 0) is 23.8 Å². The summed E-state index contributed by atoms with van der Waals surface area (Å²) in [5.74, 6) is 1.47. The fourth-order valence-electron chi connectivity index (χ4n) is 3.96. The van der Waals surface area contributed by atoms with Gasteiger partial charge in [-0.1, -0.05) is 18.2 Å². The zero-order valence-corrected chi connectivity index (χ0v) is 16.4. The van der Waals surface area contributed by atoms with E-state index in [2.05, 4.69) is 9.88 Å². The molecule has 28 heavy (non-hydrogen) atoms. The van der Waals surface area contributed by atoms with Gasteiger partial charge in [0.25, 0.3) is 0 Å². The highest BCUT2D eigenvalue weighted by Crippen LogP contribution is 2.24. The summed E-state index contributed by atoms with van der Waals surface area (Å²) < 4.78 is 10.4. The van der Waals surface area contributed by atoms with E-state index >= 15 is 0 Å². The Bertz CT molecular complexity index is 827. The van der Waals surface area contributed by atoms with Crippen LogP contribution < -0.4 is 9.47 Å². The number of aromatic nitrogens is 1. The molecule has 0 N–H and O–H groups in total. The number of piperazine rings is 1. The van der Waals surface area contributed by atoms with Gasteiger partial charge in [0.1, 0.15) is 5.75 Å². The maximum atomic E-state index is 12.8. The lowest BCUT2D eigenvalue weighted by molar-refractivity contribution is 0.115. The molecule has 2 fully saturated rings. The highest BCUT2D eigenvalue weighted by atomic mass is 16.5. The molecule has 0 spiro atoms. The van der Waals surface area contributed by atoms with Crippen LogP contribution in [0, 0.1) is 0 Å². The fraction of sp³-hybridized carbons (Fsp3) is 0.429. The van der Waals surface area contributed by atoms with Crippen LogP contribution in [0.2, 0.25) is 0 Å². The molecule has 4 rings (SSSR count). The van der Waals surface area contributed by atoms with Crippen molar-refractivity contribution in [3.8, 4) is 11.6 Å². The minimum absolute atomic E-state index is 0.139. The van der Waals surface area contributed by atoms with Crippen LogP contribution in [0.15, 0.2) is 42.5 Å². The first-order valence-corrected chi connectivity index (χ1v) is 9.57. The van der Waals surface area contributed by atoms with Crippen molar-refractivity contribution in [3.63, 3.8) is 0 Å². The van der Waals surface area contributed by atoms with E-state index in [-0.39, 0.29) is 12.1 Å². The maximum Gasteiger partial charge on any atom is 0.320 e. The number of urea groups is 1. The molecule has 0 radical (unpaired) electrons. The van der Waals surface area contributed by atoms with Crippen molar-refractivity contribution in [2.24, 2.45) is 0 Å². The largest absolute Gasteiger partial charge is 0.497 e.